The fourth-order valence-corrected chi connectivity index (χ4v) is 4.58. The first-order valence-electron chi connectivity index (χ1n) is 9.90. The Kier molecular flexibility index (Phi) is 7.67. The molecule has 35 heavy (non-hydrogen) atoms. The Morgan fingerprint density at radius 3 is 2.34 bits per heavy atom. The lowest BCUT2D eigenvalue weighted by atomic mass is 10.2. The molecule has 0 aliphatic rings. The van der Waals surface area contributed by atoms with Gasteiger partial charge in [0.1, 0.15) is 10.6 Å². The smallest absolute Gasteiger partial charge is 0.355 e. The number of fused-ring (bicyclic) bond motifs is 1. The summed E-state index contributed by atoms with van der Waals surface area (Å²) in [5, 5.41) is 7.86. The van der Waals surface area contributed by atoms with Gasteiger partial charge in [-0.2, -0.15) is 5.10 Å². The van der Waals surface area contributed by atoms with Crippen molar-refractivity contribution in [3.05, 3.63) is 92.2 Å². The molecule has 0 aliphatic heterocycles. The van der Waals surface area contributed by atoms with E-state index in [0.717, 1.165) is 10.1 Å². The third kappa shape index (κ3) is 5.98. The van der Waals surface area contributed by atoms with Gasteiger partial charge in [0.2, 0.25) is 0 Å². The first-order valence-corrected chi connectivity index (χ1v) is 11.9. The lowest BCUT2D eigenvalue weighted by Crippen LogP contribution is -2.32. The van der Waals surface area contributed by atoms with Crippen molar-refractivity contribution in [3.8, 4) is 5.75 Å². The Hall–Kier alpha value is -3.43. The summed E-state index contributed by atoms with van der Waals surface area (Å²) in [4.78, 5) is 36.8. The third-order valence-electron chi connectivity index (χ3n) is 4.57. The van der Waals surface area contributed by atoms with Crippen LogP contribution in [0.2, 0.25) is 15.1 Å². The van der Waals surface area contributed by atoms with Crippen molar-refractivity contribution in [1.82, 2.24) is 5.43 Å². The maximum Gasteiger partial charge on any atom is 0.355 e. The van der Waals surface area contributed by atoms with Crippen molar-refractivity contribution in [2.45, 2.75) is 0 Å². The average Bonchev–Trinajstić information content (AvgIpc) is 3.19. The maximum atomic E-state index is 12.5. The molecule has 0 atom stereocenters. The summed E-state index contributed by atoms with van der Waals surface area (Å²) in [5.74, 6) is -2.15. The van der Waals surface area contributed by atoms with Crippen molar-refractivity contribution in [3.63, 3.8) is 0 Å². The van der Waals surface area contributed by atoms with Crippen LogP contribution in [0.4, 0.5) is 5.69 Å². The Labute approximate surface area is 218 Å². The fourth-order valence-electron chi connectivity index (χ4n) is 2.90. The van der Waals surface area contributed by atoms with Crippen LogP contribution in [0.25, 0.3) is 10.1 Å². The predicted molar refractivity (Wildman–Crippen MR) is 139 cm³/mol. The van der Waals surface area contributed by atoms with E-state index in [4.69, 9.17) is 39.5 Å². The molecule has 176 valence electrons. The van der Waals surface area contributed by atoms with Gasteiger partial charge in [0, 0.05) is 15.8 Å². The average molecular weight is 547 g/mol. The number of thiophene rings is 1. The van der Waals surface area contributed by atoms with E-state index in [1.165, 1.54) is 35.8 Å². The van der Waals surface area contributed by atoms with E-state index in [1.807, 2.05) is 24.3 Å². The molecule has 0 saturated carbocycles. The molecule has 0 spiro atoms. The highest BCUT2D eigenvalue weighted by Gasteiger charge is 2.19. The number of anilines is 1. The number of rotatable bonds is 5. The molecule has 7 nitrogen and oxygen atoms in total. The molecule has 2 amide bonds. The number of ether oxygens (including phenoxy) is 1. The standard InChI is InChI=1S/C24H14Cl3N3O4S/c25-17-10-7-14(11-18(17)26)29-22(31)23(32)30-28-12-13-5-8-15(9-6-13)34-24(33)21-20(27)16-3-1-2-4-19(16)35-21/h1-12H,(H,29,31)(H,30,32). The number of hydrogen-bond donors (Lipinski definition) is 2. The molecule has 0 fully saturated rings. The van der Waals surface area contributed by atoms with Gasteiger partial charge < -0.3 is 10.1 Å². The molecule has 0 aliphatic carbocycles. The molecule has 1 heterocycles. The Balaban J connectivity index is 1.32. The number of nitrogens with zero attached hydrogens (tertiary/aromatic N) is 1. The van der Waals surface area contributed by atoms with Gasteiger partial charge in [-0.05, 0) is 54.1 Å². The van der Waals surface area contributed by atoms with Gasteiger partial charge in [0.15, 0.2) is 0 Å². The summed E-state index contributed by atoms with van der Waals surface area (Å²) in [7, 11) is 0. The molecule has 0 unspecified atom stereocenters. The zero-order chi connectivity index (χ0) is 24.9. The molecule has 0 radical (unpaired) electrons. The van der Waals surface area contributed by atoms with E-state index in [-0.39, 0.29) is 5.02 Å². The van der Waals surface area contributed by atoms with Crippen molar-refractivity contribution >= 4 is 85.9 Å². The summed E-state index contributed by atoms with van der Waals surface area (Å²) in [6, 6.07) is 18.2. The minimum Gasteiger partial charge on any atom is -0.422 e. The number of nitrogens with one attached hydrogen (secondary N) is 2. The number of hydrogen-bond acceptors (Lipinski definition) is 6. The number of benzene rings is 3. The molecule has 3 aromatic carbocycles. The number of esters is 1. The minimum absolute atomic E-state index is 0.240. The highest BCUT2D eigenvalue weighted by Crippen LogP contribution is 2.35. The first kappa shape index (κ1) is 24.7. The fraction of sp³-hybridized carbons (Fsp3) is 0. The van der Waals surface area contributed by atoms with Crippen LogP contribution in [0.1, 0.15) is 15.2 Å². The molecular weight excluding hydrogens is 533 g/mol. The van der Waals surface area contributed by atoms with Crippen molar-refractivity contribution in [2.24, 2.45) is 5.10 Å². The highest BCUT2D eigenvalue weighted by molar-refractivity contribution is 7.21. The molecule has 4 aromatic rings. The Morgan fingerprint density at radius 2 is 1.63 bits per heavy atom. The van der Waals surface area contributed by atoms with Gasteiger partial charge in [-0.3, -0.25) is 9.59 Å². The van der Waals surface area contributed by atoms with Crippen molar-refractivity contribution in [1.29, 1.82) is 0 Å². The molecule has 11 heteroatoms. The second-order valence-electron chi connectivity index (χ2n) is 6.98. The zero-order valence-corrected chi connectivity index (χ0v) is 20.6. The summed E-state index contributed by atoms with van der Waals surface area (Å²) in [6.45, 7) is 0. The van der Waals surface area contributed by atoms with Crippen LogP contribution >= 0.6 is 46.1 Å². The van der Waals surface area contributed by atoms with Crippen LogP contribution in [-0.2, 0) is 9.59 Å². The van der Waals surface area contributed by atoms with Crippen LogP contribution < -0.4 is 15.5 Å². The number of hydrazone groups is 1. The lowest BCUT2D eigenvalue weighted by molar-refractivity contribution is -0.136. The first-order chi connectivity index (χ1) is 16.8. The minimum atomic E-state index is -0.974. The van der Waals surface area contributed by atoms with Crippen LogP contribution in [0.5, 0.6) is 5.75 Å². The highest BCUT2D eigenvalue weighted by atomic mass is 35.5. The normalized spacial score (nSPS) is 10.9. The number of amides is 2. The van der Waals surface area contributed by atoms with E-state index in [2.05, 4.69) is 15.8 Å². The van der Waals surface area contributed by atoms with Crippen LogP contribution in [0.15, 0.2) is 71.8 Å². The van der Waals surface area contributed by atoms with Crippen LogP contribution in [-0.4, -0.2) is 24.0 Å². The molecule has 0 bridgehead atoms. The Morgan fingerprint density at radius 1 is 0.886 bits per heavy atom. The van der Waals surface area contributed by atoms with Gasteiger partial charge >= 0.3 is 17.8 Å². The summed E-state index contributed by atoms with van der Waals surface area (Å²) >= 11 is 19.3. The second kappa shape index (κ2) is 10.9. The Bertz CT molecular complexity index is 1470. The van der Waals surface area contributed by atoms with Gasteiger partial charge in [-0.1, -0.05) is 53.0 Å². The van der Waals surface area contributed by atoms with E-state index < -0.39 is 17.8 Å². The van der Waals surface area contributed by atoms with E-state index >= 15 is 0 Å². The maximum absolute atomic E-state index is 12.5. The van der Waals surface area contributed by atoms with Gasteiger partial charge in [-0.25, -0.2) is 10.2 Å². The largest absolute Gasteiger partial charge is 0.422 e. The lowest BCUT2D eigenvalue weighted by Gasteiger charge is -2.05. The number of carbonyl (C=O) groups is 3. The monoisotopic (exact) mass is 545 g/mol. The van der Waals surface area contributed by atoms with Crippen LogP contribution in [0, 0.1) is 0 Å². The summed E-state index contributed by atoms with van der Waals surface area (Å²) in [5.41, 5.74) is 3.03. The number of halogens is 3. The second-order valence-corrected chi connectivity index (χ2v) is 9.23. The molecule has 2 N–H and O–H groups in total. The van der Waals surface area contributed by atoms with E-state index in [1.54, 1.807) is 24.3 Å². The third-order valence-corrected chi connectivity index (χ3v) is 6.97. The van der Waals surface area contributed by atoms with E-state index in [9.17, 15) is 14.4 Å². The quantitative estimate of drug-likeness (QED) is 0.103. The summed E-state index contributed by atoms with van der Waals surface area (Å²) in [6.07, 6.45) is 1.33. The SMILES string of the molecule is O=C(NN=Cc1ccc(OC(=O)c2sc3ccccc3c2Cl)cc1)C(=O)Nc1ccc(Cl)c(Cl)c1. The molecule has 0 saturated heterocycles. The zero-order valence-electron chi connectivity index (χ0n) is 17.6. The molecule has 4 rings (SSSR count). The van der Waals surface area contributed by atoms with Crippen molar-refractivity contribution < 1.29 is 19.1 Å². The number of carbonyl (C=O) groups excluding carboxylic acids is 3. The summed E-state index contributed by atoms with van der Waals surface area (Å²) < 4.78 is 6.31. The van der Waals surface area contributed by atoms with Gasteiger partial charge in [0.25, 0.3) is 0 Å². The van der Waals surface area contributed by atoms with Gasteiger partial charge in [0.05, 0.1) is 21.3 Å². The van der Waals surface area contributed by atoms with Gasteiger partial charge in [-0.15, -0.1) is 11.3 Å². The molecule has 1 aromatic heterocycles. The molecular formula is C24H14Cl3N3O4S. The van der Waals surface area contributed by atoms with Crippen LogP contribution in [0.3, 0.4) is 0 Å². The van der Waals surface area contributed by atoms with Crippen molar-refractivity contribution in [2.75, 3.05) is 5.32 Å². The van der Waals surface area contributed by atoms with E-state index in [0.29, 0.717) is 31.9 Å². The topological polar surface area (TPSA) is 96.9 Å². The predicted octanol–water partition coefficient (Wildman–Crippen LogP) is 6.17.